The zero-order valence-corrected chi connectivity index (χ0v) is 14.9. The number of allylic oxidation sites excluding steroid dienone is 3. The Kier molecular flexibility index (Phi) is 11.0. The third-order valence-corrected chi connectivity index (χ3v) is 4.11. The number of hydrogen-bond acceptors (Lipinski definition) is 2. The quantitative estimate of drug-likeness (QED) is 0.382. The normalized spacial score (nSPS) is 13.2. The van der Waals surface area contributed by atoms with Crippen LogP contribution in [0.15, 0.2) is 23.3 Å². The molecular formula is C19H34O2. The number of carbonyl (C=O) groups is 1. The molecule has 0 aliphatic carbocycles. The molecule has 2 heteroatoms. The molecule has 0 amide bonds. The van der Waals surface area contributed by atoms with Gasteiger partial charge in [0.15, 0.2) is 0 Å². The van der Waals surface area contributed by atoms with Crippen molar-refractivity contribution in [1.82, 2.24) is 0 Å². The lowest BCUT2D eigenvalue weighted by atomic mass is 9.86. The van der Waals surface area contributed by atoms with Crippen LogP contribution in [0.1, 0.15) is 73.6 Å². The highest BCUT2D eigenvalue weighted by atomic mass is 16.5. The highest BCUT2D eigenvalue weighted by Gasteiger charge is 2.25. The van der Waals surface area contributed by atoms with E-state index in [4.69, 9.17) is 4.74 Å². The molecular weight excluding hydrogens is 260 g/mol. The number of rotatable bonds is 10. The van der Waals surface area contributed by atoms with Crippen LogP contribution in [0.2, 0.25) is 0 Å². The van der Waals surface area contributed by atoms with Crippen molar-refractivity contribution in [1.29, 1.82) is 0 Å². The number of esters is 1. The Balaban J connectivity index is 4.24. The Morgan fingerprint density at radius 1 is 1.00 bits per heavy atom. The number of carbonyl (C=O) groups excluding carboxylic acids is 1. The predicted octanol–water partition coefficient (Wildman–Crippen LogP) is 5.68. The molecule has 0 aromatic carbocycles. The standard InChI is InChI=1S/C19H34O2/c1-7-17(8-2)18(9-3)19(20)21-14-13-16(6)12-10-11-15(4)5/h11,13,17-18H,7-10,12,14H2,1-6H3/b16-13+. The van der Waals surface area contributed by atoms with Gasteiger partial charge in [-0.1, -0.05) is 50.8 Å². The summed E-state index contributed by atoms with van der Waals surface area (Å²) in [4.78, 5) is 12.2. The van der Waals surface area contributed by atoms with E-state index in [-0.39, 0.29) is 11.9 Å². The second-order valence-electron chi connectivity index (χ2n) is 6.09. The van der Waals surface area contributed by atoms with E-state index in [1.54, 1.807) is 0 Å². The van der Waals surface area contributed by atoms with Gasteiger partial charge in [0.05, 0.1) is 5.92 Å². The molecule has 21 heavy (non-hydrogen) atoms. The van der Waals surface area contributed by atoms with Crippen molar-refractivity contribution in [3.63, 3.8) is 0 Å². The maximum absolute atomic E-state index is 12.2. The van der Waals surface area contributed by atoms with Crippen LogP contribution >= 0.6 is 0 Å². The summed E-state index contributed by atoms with van der Waals surface area (Å²) in [6.07, 6.45) is 9.33. The highest BCUT2D eigenvalue weighted by molar-refractivity contribution is 5.72. The third kappa shape index (κ3) is 8.75. The average molecular weight is 294 g/mol. The molecule has 0 bridgehead atoms. The molecule has 1 atom stereocenters. The molecule has 0 heterocycles. The van der Waals surface area contributed by atoms with Crippen LogP contribution in [0.25, 0.3) is 0 Å². The van der Waals surface area contributed by atoms with Crippen LogP contribution < -0.4 is 0 Å². The maximum Gasteiger partial charge on any atom is 0.309 e. The molecule has 2 nitrogen and oxygen atoms in total. The summed E-state index contributed by atoms with van der Waals surface area (Å²) in [5.41, 5.74) is 2.64. The van der Waals surface area contributed by atoms with E-state index in [9.17, 15) is 4.79 Å². The van der Waals surface area contributed by atoms with Gasteiger partial charge in [-0.3, -0.25) is 4.79 Å². The van der Waals surface area contributed by atoms with Crippen molar-refractivity contribution < 1.29 is 9.53 Å². The van der Waals surface area contributed by atoms with Crippen LogP contribution in [0.5, 0.6) is 0 Å². The van der Waals surface area contributed by atoms with Crippen molar-refractivity contribution in [3.05, 3.63) is 23.3 Å². The third-order valence-electron chi connectivity index (χ3n) is 4.11. The molecule has 0 saturated heterocycles. The van der Waals surface area contributed by atoms with Crippen molar-refractivity contribution in [2.24, 2.45) is 11.8 Å². The molecule has 0 N–H and O–H groups in total. The zero-order valence-electron chi connectivity index (χ0n) is 14.9. The zero-order chi connectivity index (χ0) is 16.3. The van der Waals surface area contributed by atoms with E-state index in [1.807, 2.05) is 6.08 Å². The summed E-state index contributed by atoms with van der Waals surface area (Å²) >= 11 is 0. The lowest BCUT2D eigenvalue weighted by Gasteiger charge is -2.22. The summed E-state index contributed by atoms with van der Waals surface area (Å²) in [6, 6.07) is 0. The monoisotopic (exact) mass is 294 g/mol. The molecule has 0 saturated carbocycles. The lowest BCUT2D eigenvalue weighted by Crippen LogP contribution is -2.25. The molecule has 0 rings (SSSR count). The van der Waals surface area contributed by atoms with Crippen molar-refractivity contribution >= 4 is 5.97 Å². The Bertz CT molecular complexity index is 345. The Morgan fingerprint density at radius 2 is 1.62 bits per heavy atom. The van der Waals surface area contributed by atoms with E-state index in [0.29, 0.717) is 12.5 Å². The van der Waals surface area contributed by atoms with Crippen LogP contribution in [0.3, 0.4) is 0 Å². The van der Waals surface area contributed by atoms with Gasteiger partial charge in [0.25, 0.3) is 0 Å². The number of hydrogen-bond donors (Lipinski definition) is 0. The largest absolute Gasteiger partial charge is 0.461 e. The van der Waals surface area contributed by atoms with E-state index >= 15 is 0 Å². The summed E-state index contributed by atoms with van der Waals surface area (Å²) in [5, 5.41) is 0. The fourth-order valence-electron chi connectivity index (χ4n) is 2.61. The van der Waals surface area contributed by atoms with Gasteiger partial charge in [-0.2, -0.15) is 0 Å². The summed E-state index contributed by atoms with van der Waals surface area (Å²) < 4.78 is 5.45. The first-order chi connectivity index (χ1) is 9.96. The van der Waals surface area contributed by atoms with E-state index in [2.05, 4.69) is 47.6 Å². The Hall–Kier alpha value is -1.05. The minimum atomic E-state index is -0.0282. The topological polar surface area (TPSA) is 26.3 Å². The van der Waals surface area contributed by atoms with Gasteiger partial charge < -0.3 is 4.74 Å². The van der Waals surface area contributed by atoms with Crippen molar-refractivity contribution in [2.45, 2.75) is 73.6 Å². The molecule has 1 unspecified atom stereocenters. The molecule has 0 aliphatic rings. The highest BCUT2D eigenvalue weighted by Crippen LogP contribution is 2.24. The van der Waals surface area contributed by atoms with Crippen molar-refractivity contribution in [2.75, 3.05) is 6.61 Å². The van der Waals surface area contributed by atoms with Gasteiger partial charge in [0.2, 0.25) is 0 Å². The fourth-order valence-corrected chi connectivity index (χ4v) is 2.61. The van der Waals surface area contributed by atoms with Gasteiger partial charge in [-0.25, -0.2) is 0 Å². The molecule has 0 aliphatic heterocycles. The smallest absolute Gasteiger partial charge is 0.309 e. The minimum Gasteiger partial charge on any atom is -0.461 e. The van der Waals surface area contributed by atoms with E-state index in [1.165, 1.54) is 11.1 Å². The van der Waals surface area contributed by atoms with Crippen LogP contribution in [-0.4, -0.2) is 12.6 Å². The fraction of sp³-hybridized carbons (Fsp3) is 0.737. The van der Waals surface area contributed by atoms with Gasteiger partial charge in [-0.05, 0) is 52.0 Å². The first-order valence-electron chi connectivity index (χ1n) is 8.41. The first-order valence-corrected chi connectivity index (χ1v) is 8.41. The SMILES string of the molecule is CCC(CC)C(CC)C(=O)OC/C=C(\C)CCC=C(C)C. The lowest BCUT2D eigenvalue weighted by molar-refractivity contribution is -0.149. The molecule has 122 valence electrons. The molecule has 0 aromatic rings. The van der Waals surface area contributed by atoms with Gasteiger partial charge in [-0.15, -0.1) is 0 Å². The van der Waals surface area contributed by atoms with Crippen LogP contribution in [-0.2, 0) is 9.53 Å². The van der Waals surface area contributed by atoms with Crippen LogP contribution in [0, 0.1) is 11.8 Å². The Labute approximate surface area is 131 Å². The van der Waals surface area contributed by atoms with Crippen LogP contribution in [0.4, 0.5) is 0 Å². The van der Waals surface area contributed by atoms with Gasteiger partial charge >= 0.3 is 5.97 Å². The van der Waals surface area contributed by atoms with E-state index in [0.717, 1.165) is 32.1 Å². The second kappa shape index (κ2) is 11.6. The first kappa shape index (κ1) is 19.9. The molecule has 0 radical (unpaired) electrons. The molecule has 0 spiro atoms. The summed E-state index contributed by atoms with van der Waals surface area (Å²) in [7, 11) is 0. The Morgan fingerprint density at radius 3 is 2.10 bits per heavy atom. The summed E-state index contributed by atoms with van der Waals surface area (Å²) in [5.74, 6) is 0.476. The average Bonchev–Trinajstić information content (AvgIpc) is 2.43. The van der Waals surface area contributed by atoms with Gasteiger partial charge in [0.1, 0.15) is 6.61 Å². The van der Waals surface area contributed by atoms with Crippen molar-refractivity contribution in [3.8, 4) is 0 Å². The molecule has 0 fully saturated rings. The second-order valence-corrected chi connectivity index (χ2v) is 6.09. The maximum atomic E-state index is 12.2. The molecule has 0 aromatic heterocycles. The number of ether oxygens (including phenoxy) is 1. The predicted molar refractivity (Wildman–Crippen MR) is 91.2 cm³/mol. The summed E-state index contributed by atoms with van der Waals surface area (Å²) in [6.45, 7) is 13.1. The van der Waals surface area contributed by atoms with Gasteiger partial charge in [0, 0.05) is 0 Å². The van der Waals surface area contributed by atoms with E-state index < -0.39 is 0 Å². The minimum absolute atomic E-state index is 0.0282.